The van der Waals surface area contributed by atoms with Crippen molar-refractivity contribution >= 4 is 23.5 Å². The van der Waals surface area contributed by atoms with E-state index in [4.69, 9.17) is 11.6 Å². The second-order valence-corrected chi connectivity index (χ2v) is 5.17. The molecule has 0 aliphatic heterocycles. The Morgan fingerprint density at radius 1 is 1.10 bits per heavy atom. The predicted molar refractivity (Wildman–Crippen MR) is 77.4 cm³/mol. The Morgan fingerprint density at radius 2 is 1.80 bits per heavy atom. The van der Waals surface area contributed by atoms with E-state index in [-0.39, 0.29) is 17.9 Å². The van der Waals surface area contributed by atoms with Crippen LogP contribution in [0.2, 0.25) is 5.02 Å². The van der Waals surface area contributed by atoms with Gasteiger partial charge in [-0.25, -0.2) is 4.79 Å². The minimum atomic E-state index is -0.273. The quantitative estimate of drug-likeness (QED) is 0.699. The Bertz CT molecular complexity index is 489. The number of nitrogens with one attached hydrogen (secondary N) is 3. The molecule has 2 rings (SSSR count). The van der Waals surface area contributed by atoms with Gasteiger partial charge in [0, 0.05) is 30.6 Å². The summed E-state index contributed by atoms with van der Waals surface area (Å²) >= 11 is 5.99. The molecule has 0 aromatic heterocycles. The highest BCUT2D eigenvalue weighted by molar-refractivity contribution is 6.31. The lowest BCUT2D eigenvalue weighted by Gasteiger charge is -2.09. The molecule has 1 fully saturated rings. The van der Waals surface area contributed by atoms with Gasteiger partial charge in [0.15, 0.2) is 0 Å². The van der Waals surface area contributed by atoms with Crippen LogP contribution in [0.5, 0.6) is 0 Å². The molecule has 1 saturated carbocycles. The van der Waals surface area contributed by atoms with Crippen LogP contribution in [0.25, 0.3) is 0 Å². The number of urea groups is 1. The predicted octanol–water partition coefficient (Wildman–Crippen LogP) is 1.67. The number of carbonyl (C=O) groups excluding carboxylic acids is 2. The van der Waals surface area contributed by atoms with Gasteiger partial charge in [-0.2, -0.15) is 0 Å². The van der Waals surface area contributed by atoms with Crippen LogP contribution in [0.15, 0.2) is 24.3 Å². The van der Waals surface area contributed by atoms with Crippen molar-refractivity contribution < 1.29 is 9.59 Å². The number of rotatable bonds is 6. The topological polar surface area (TPSA) is 70.2 Å². The standard InChI is InChI=1S/C14H18ClN3O2/c15-12-4-2-1-3-11(12)9-18-14(20)17-8-7-16-13(19)10-5-6-10/h1-4,10H,5-9H2,(H,16,19)(H2,17,18,20). The first-order valence-corrected chi connectivity index (χ1v) is 7.07. The van der Waals surface area contributed by atoms with Gasteiger partial charge in [-0.1, -0.05) is 29.8 Å². The SMILES string of the molecule is O=C(NCCNC(=O)C1CC1)NCc1ccccc1Cl. The van der Waals surface area contributed by atoms with Crippen LogP contribution in [-0.2, 0) is 11.3 Å². The summed E-state index contributed by atoms with van der Waals surface area (Å²) in [5.74, 6) is 0.285. The second-order valence-electron chi connectivity index (χ2n) is 4.77. The van der Waals surface area contributed by atoms with Gasteiger partial charge < -0.3 is 16.0 Å². The highest BCUT2D eigenvalue weighted by Gasteiger charge is 2.28. The third kappa shape index (κ3) is 4.74. The van der Waals surface area contributed by atoms with Gasteiger partial charge in [0.1, 0.15) is 0 Å². The zero-order valence-corrected chi connectivity index (χ0v) is 11.9. The van der Waals surface area contributed by atoms with Crippen LogP contribution in [0.4, 0.5) is 4.79 Å². The summed E-state index contributed by atoms with van der Waals surface area (Å²) in [6, 6.07) is 7.08. The van der Waals surface area contributed by atoms with Crippen molar-refractivity contribution in [3.05, 3.63) is 34.9 Å². The monoisotopic (exact) mass is 295 g/mol. The second kappa shape index (κ2) is 7.14. The van der Waals surface area contributed by atoms with Gasteiger partial charge in [-0.15, -0.1) is 0 Å². The minimum Gasteiger partial charge on any atom is -0.354 e. The molecule has 5 nitrogen and oxygen atoms in total. The van der Waals surface area contributed by atoms with Crippen molar-refractivity contribution in [1.29, 1.82) is 0 Å². The number of carbonyl (C=O) groups is 2. The number of halogens is 1. The first-order valence-electron chi connectivity index (χ1n) is 6.69. The van der Waals surface area contributed by atoms with E-state index in [9.17, 15) is 9.59 Å². The maximum atomic E-state index is 11.5. The molecule has 3 N–H and O–H groups in total. The molecule has 0 spiro atoms. The van der Waals surface area contributed by atoms with E-state index in [0.717, 1.165) is 18.4 Å². The van der Waals surface area contributed by atoms with Gasteiger partial charge in [0.05, 0.1) is 0 Å². The van der Waals surface area contributed by atoms with Gasteiger partial charge in [-0.3, -0.25) is 4.79 Å². The highest BCUT2D eigenvalue weighted by atomic mass is 35.5. The summed E-state index contributed by atoms with van der Waals surface area (Å²) in [4.78, 5) is 22.9. The fraction of sp³-hybridized carbons (Fsp3) is 0.429. The molecule has 1 aliphatic carbocycles. The summed E-state index contributed by atoms with van der Waals surface area (Å²) < 4.78 is 0. The molecular formula is C14H18ClN3O2. The van der Waals surface area contributed by atoms with Crippen LogP contribution in [0.1, 0.15) is 18.4 Å². The van der Waals surface area contributed by atoms with Gasteiger partial charge in [0.25, 0.3) is 0 Å². The van der Waals surface area contributed by atoms with Gasteiger partial charge in [0.2, 0.25) is 5.91 Å². The first kappa shape index (κ1) is 14.7. The summed E-state index contributed by atoms with van der Waals surface area (Å²) in [7, 11) is 0. The molecule has 0 bridgehead atoms. The molecule has 1 aromatic carbocycles. The molecule has 1 aliphatic rings. The van der Waals surface area contributed by atoms with Crippen molar-refractivity contribution in [1.82, 2.24) is 16.0 Å². The van der Waals surface area contributed by atoms with Crippen LogP contribution >= 0.6 is 11.6 Å². The lowest BCUT2D eigenvalue weighted by atomic mass is 10.2. The Kier molecular flexibility index (Phi) is 5.24. The van der Waals surface area contributed by atoms with Crippen LogP contribution in [-0.4, -0.2) is 25.0 Å². The van der Waals surface area contributed by atoms with Crippen molar-refractivity contribution in [3.8, 4) is 0 Å². The van der Waals surface area contributed by atoms with E-state index < -0.39 is 0 Å². The molecule has 0 saturated heterocycles. The van der Waals surface area contributed by atoms with E-state index in [2.05, 4.69) is 16.0 Å². The maximum Gasteiger partial charge on any atom is 0.315 e. The van der Waals surface area contributed by atoms with Crippen LogP contribution in [0, 0.1) is 5.92 Å². The van der Waals surface area contributed by atoms with Crippen LogP contribution in [0.3, 0.4) is 0 Å². The fourth-order valence-electron chi connectivity index (χ4n) is 1.73. The molecule has 3 amide bonds. The third-order valence-electron chi connectivity index (χ3n) is 3.06. The average Bonchev–Trinajstić information content (AvgIpc) is 3.27. The molecular weight excluding hydrogens is 278 g/mol. The van der Waals surface area contributed by atoms with Crippen molar-refractivity contribution in [2.75, 3.05) is 13.1 Å². The van der Waals surface area contributed by atoms with E-state index in [0.29, 0.717) is 24.7 Å². The zero-order chi connectivity index (χ0) is 14.4. The van der Waals surface area contributed by atoms with E-state index in [1.165, 1.54) is 0 Å². The Hall–Kier alpha value is -1.75. The highest BCUT2D eigenvalue weighted by Crippen LogP contribution is 2.28. The molecule has 20 heavy (non-hydrogen) atoms. The van der Waals surface area contributed by atoms with Crippen molar-refractivity contribution in [3.63, 3.8) is 0 Å². The number of amides is 3. The summed E-state index contributed by atoms with van der Waals surface area (Å²) in [6.07, 6.45) is 1.97. The Labute approximate surface area is 123 Å². The lowest BCUT2D eigenvalue weighted by Crippen LogP contribution is -2.40. The van der Waals surface area contributed by atoms with E-state index in [1.54, 1.807) is 6.07 Å². The molecule has 0 unspecified atom stereocenters. The molecule has 108 valence electrons. The molecule has 6 heteroatoms. The third-order valence-corrected chi connectivity index (χ3v) is 3.42. The normalized spacial score (nSPS) is 13.7. The number of benzene rings is 1. The number of hydrogen-bond donors (Lipinski definition) is 3. The van der Waals surface area contributed by atoms with E-state index >= 15 is 0 Å². The van der Waals surface area contributed by atoms with Crippen molar-refractivity contribution in [2.24, 2.45) is 5.92 Å². The van der Waals surface area contributed by atoms with E-state index in [1.807, 2.05) is 18.2 Å². The zero-order valence-electron chi connectivity index (χ0n) is 11.1. The maximum absolute atomic E-state index is 11.5. The Morgan fingerprint density at radius 3 is 2.50 bits per heavy atom. The lowest BCUT2D eigenvalue weighted by molar-refractivity contribution is -0.122. The largest absolute Gasteiger partial charge is 0.354 e. The first-order chi connectivity index (χ1) is 9.66. The smallest absolute Gasteiger partial charge is 0.315 e. The fourth-order valence-corrected chi connectivity index (χ4v) is 1.93. The summed E-state index contributed by atoms with van der Waals surface area (Å²) in [6.45, 7) is 1.24. The molecule has 0 heterocycles. The van der Waals surface area contributed by atoms with Crippen LogP contribution < -0.4 is 16.0 Å². The van der Waals surface area contributed by atoms with Gasteiger partial charge in [-0.05, 0) is 24.5 Å². The summed E-state index contributed by atoms with van der Waals surface area (Å²) in [5.41, 5.74) is 0.867. The Balaban J connectivity index is 1.58. The summed E-state index contributed by atoms with van der Waals surface area (Å²) in [5, 5.41) is 8.80. The molecule has 1 aromatic rings. The molecule has 0 radical (unpaired) electrons. The van der Waals surface area contributed by atoms with Gasteiger partial charge >= 0.3 is 6.03 Å². The number of hydrogen-bond acceptors (Lipinski definition) is 2. The van der Waals surface area contributed by atoms with Crippen molar-refractivity contribution in [2.45, 2.75) is 19.4 Å². The minimum absolute atomic E-state index is 0.0864. The average molecular weight is 296 g/mol. The molecule has 0 atom stereocenters.